The summed E-state index contributed by atoms with van der Waals surface area (Å²) in [5.41, 5.74) is 11.7. The Hall–Kier alpha value is -2.22. The molecule has 0 aromatic heterocycles. The number of nitrogens with zero attached hydrogens (tertiary/aromatic N) is 1. The van der Waals surface area contributed by atoms with Crippen LogP contribution in [0.2, 0.25) is 0 Å². The number of hydrogen-bond donors (Lipinski definition) is 3. The van der Waals surface area contributed by atoms with Crippen LogP contribution in [0.4, 0.5) is 0 Å². The summed E-state index contributed by atoms with van der Waals surface area (Å²) in [4.78, 5) is 12.4. The van der Waals surface area contributed by atoms with Gasteiger partial charge < -0.3 is 4.74 Å². The Morgan fingerprint density at radius 2 is 2.04 bits per heavy atom. The summed E-state index contributed by atoms with van der Waals surface area (Å²) in [6.45, 7) is 4.45. The molecule has 6 nitrogen and oxygen atoms in total. The number of hydrogen-bond acceptors (Lipinski definition) is 5. The Morgan fingerprint density at radius 1 is 1.26 bits per heavy atom. The molecular weight excluding hydrogens is 408 g/mol. The maximum Gasteiger partial charge on any atom is 0.258 e. The van der Waals surface area contributed by atoms with Gasteiger partial charge in [0.2, 0.25) is 0 Å². The highest BCUT2D eigenvalue weighted by Crippen LogP contribution is 2.25. The molecule has 1 aliphatic rings. The molecule has 1 heterocycles. The SMILES string of the molecule is CCOc1cccc(C2CC(C(=O)N/N=C(\C)c3ccc(Br)cc3)NN2)c1. The molecule has 142 valence electrons. The molecule has 2 atom stereocenters. The average molecular weight is 431 g/mol. The Kier molecular flexibility index (Phi) is 6.60. The van der Waals surface area contributed by atoms with Gasteiger partial charge in [-0.2, -0.15) is 5.10 Å². The van der Waals surface area contributed by atoms with E-state index < -0.39 is 0 Å². The molecular formula is C20H23BrN4O2. The van der Waals surface area contributed by atoms with Crippen molar-refractivity contribution in [1.29, 1.82) is 0 Å². The standard InChI is InChI=1S/C20H23BrN4O2/c1-3-27-17-6-4-5-15(11-17)18-12-19(24-23-18)20(26)25-22-13(2)14-7-9-16(21)10-8-14/h4-11,18-19,23-24H,3,12H2,1-2H3,(H,25,26)/b22-13+. The maximum atomic E-state index is 12.4. The molecule has 2 aromatic carbocycles. The fraction of sp³-hybridized carbons (Fsp3) is 0.300. The van der Waals surface area contributed by atoms with E-state index in [-0.39, 0.29) is 18.0 Å². The molecule has 7 heteroatoms. The van der Waals surface area contributed by atoms with Crippen LogP contribution in [0.25, 0.3) is 0 Å². The van der Waals surface area contributed by atoms with Gasteiger partial charge in [0, 0.05) is 10.5 Å². The van der Waals surface area contributed by atoms with Crippen LogP contribution >= 0.6 is 15.9 Å². The Balaban J connectivity index is 1.58. The highest BCUT2D eigenvalue weighted by Gasteiger charge is 2.30. The molecule has 3 N–H and O–H groups in total. The van der Waals surface area contributed by atoms with Crippen molar-refractivity contribution in [3.8, 4) is 5.75 Å². The van der Waals surface area contributed by atoms with Gasteiger partial charge in [-0.3, -0.25) is 4.79 Å². The van der Waals surface area contributed by atoms with Crippen molar-refractivity contribution in [3.63, 3.8) is 0 Å². The number of benzene rings is 2. The van der Waals surface area contributed by atoms with Gasteiger partial charge in [-0.05, 0) is 55.7 Å². The van der Waals surface area contributed by atoms with Gasteiger partial charge in [-0.1, -0.05) is 40.2 Å². The van der Waals surface area contributed by atoms with E-state index in [1.807, 2.05) is 62.4 Å². The first kappa shape index (κ1) is 19.5. The zero-order valence-electron chi connectivity index (χ0n) is 15.3. The fourth-order valence-corrected chi connectivity index (χ4v) is 3.17. The summed E-state index contributed by atoms with van der Waals surface area (Å²) < 4.78 is 6.55. The van der Waals surface area contributed by atoms with Crippen LogP contribution in [0.5, 0.6) is 5.75 Å². The number of hydrazone groups is 1. The predicted molar refractivity (Wildman–Crippen MR) is 110 cm³/mol. The first-order chi connectivity index (χ1) is 13.1. The topological polar surface area (TPSA) is 74.8 Å². The fourth-order valence-electron chi connectivity index (χ4n) is 2.91. The second-order valence-electron chi connectivity index (χ2n) is 6.32. The number of rotatable bonds is 6. The van der Waals surface area contributed by atoms with Crippen LogP contribution in [0.15, 0.2) is 58.1 Å². The van der Waals surface area contributed by atoms with E-state index in [0.29, 0.717) is 13.0 Å². The summed E-state index contributed by atoms with van der Waals surface area (Å²) >= 11 is 3.41. The molecule has 0 radical (unpaired) electrons. The maximum absolute atomic E-state index is 12.4. The lowest BCUT2D eigenvalue weighted by molar-refractivity contribution is -0.122. The van der Waals surface area contributed by atoms with Crippen molar-refractivity contribution in [2.45, 2.75) is 32.4 Å². The van der Waals surface area contributed by atoms with Crippen molar-refractivity contribution < 1.29 is 9.53 Å². The lowest BCUT2D eigenvalue weighted by Crippen LogP contribution is -2.41. The lowest BCUT2D eigenvalue weighted by Gasteiger charge is -2.11. The zero-order valence-corrected chi connectivity index (χ0v) is 16.9. The van der Waals surface area contributed by atoms with Gasteiger partial charge in [-0.25, -0.2) is 16.3 Å². The largest absolute Gasteiger partial charge is 0.494 e. The molecule has 0 spiro atoms. The summed E-state index contributed by atoms with van der Waals surface area (Å²) in [5.74, 6) is 0.668. The van der Waals surface area contributed by atoms with Crippen molar-refractivity contribution in [1.82, 2.24) is 16.3 Å². The van der Waals surface area contributed by atoms with Gasteiger partial charge in [0.1, 0.15) is 11.8 Å². The van der Waals surface area contributed by atoms with Crippen molar-refractivity contribution in [3.05, 3.63) is 64.1 Å². The molecule has 1 aliphatic heterocycles. The molecule has 2 aromatic rings. The number of carbonyl (C=O) groups is 1. The van der Waals surface area contributed by atoms with E-state index in [0.717, 1.165) is 27.1 Å². The van der Waals surface area contributed by atoms with Crippen LogP contribution in [0.1, 0.15) is 37.4 Å². The van der Waals surface area contributed by atoms with Crippen molar-refractivity contribution in [2.24, 2.45) is 5.10 Å². The Morgan fingerprint density at radius 3 is 2.78 bits per heavy atom. The number of hydrazine groups is 1. The van der Waals surface area contributed by atoms with Gasteiger partial charge in [0.15, 0.2) is 0 Å². The minimum Gasteiger partial charge on any atom is -0.494 e. The third-order valence-corrected chi connectivity index (χ3v) is 4.92. The van der Waals surface area contributed by atoms with Gasteiger partial charge >= 0.3 is 0 Å². The molecule has 0 bridgehead atoms. The van der Waals surface area contributed by atoms with Gasteiger partial charge in [0.05, 0.1) is 12.3 Å². The van der Waals surface area contributed by atoms with Crippen molar-refractivity contribution >= 4 is 27.5 Å². The summed E-state index contributed by atoms with van der Waals surface area (Å²) in [6.07, 6.45) is 0.633. The van der Waals surface area contributed by atoms with Crippen LogP contribution in [-0.2, 0) is 4.79 Å². The average Bonchev–Trinajstić information content (AvgIpc) is 3.17. The predicted octanol–water partition coefficient (Wildman–Crippen LogP) is 3.30. The number of ether oxygens (including phenoxy) is 1. The van der Waals surface area contributed by atoms with Crippen LogP contribution in [0, 0.1) is 0 Å². The lowest BCUT2D eigenvalue weighted by atomic mass is 10.0. The highest BCUT2D eigenvalue weighted by atomic mass is 79.9. The normalized spacial score (nSPS) is 19.7. The quantitative estimate of drug-likeness (QED) is 0.485. The van der Waals surface area contributed by atoms with Crippen LogP contribution < -0.4 is 21.0 Å². The first-order valence-corrected chi connectivity index (χ1v) is 9.70. The third kappa shape index (κ3) is 5.15. The first-order valence-electron chi connectivity index (χ1n) is 8.90. The molecule has 0 aliphatic carbocycles. The minimum absolute atomic E-state index is 0.0395. The number of halogens is 1. The molecule has 1 amide bonds. The number of carbonyl (C=O) groups excluding carboxylic acids is 1. The number of nitrogens with one attached hydrogen (secondary N) is 3. The second-order valence-corrected chi connectivity index (χ2v) is 7.23. The highest BCUT2D eigenvalue weighted by molar-refractivity contribution is 9.10. The van der Waals surface area contributed by atoms with E-state index in [1.165, 1.54) is 0 Å². The molecule has 2 unspecified atom stereocenters. The van der Waals surface area contributed by atoms with E-state index in [1.54, 1.807) is 0 Å². The number of amides is 1. The molecule has 1 saturated heterocycles. The van der Waals surface area contributed by atoms with Gasteiger partial charge in [0.25, 0.3) is 5.91 Å². The van der Waals surface area contributed by atoms with Crippen molar-refractivity contribution in [2.75, 3.05) is 6.61 Å². The van der Waals surface area contributed by atoms with E-state index >= 15 is 0 Å². The van der Waals surface area contributed by atoms with E-state index in [4.69, 9.17) is 4.74 Å². The van der Waals surface area contributed by atoms with Gasteiger partial charge in [-0.15, -0.1) is 0 Å². The van der Waals surface area contributed by atoms with Crippen LogP contribution in [0.3, 0.4) is 0 Å². The third-order valence-electron chi connectivity index (χ3n) is 4.39. The zero-order chi connectivity index (χ0) is 19.2. The monoisotopic (exact) mass is 430 g/mol. The Bertz CT molecular complexity index is 823. The summed E-state index contributed by atoms with van der Waals surface area (Å²) in [6, 6.07) is 15.4. The van der Waals surface area contributed by atoms with E-state index in [2.05, 4.69) is 37.3 Å². The molecule has 3 rings (SSSR count). The van der Waals surface area contributed by atoms with Crippen LogP contribution in [-0.4, -0.2) is 24.3 Å². The Labute approximate surface area is 167 Å². The summed E-state index contributed by atoms with van der Waals surface area (Å²) in [5, 5.41) is 4.22. The molecule has 1 fully saturated rings. The second kappa shape index (κ2) is 9.12. The van der Waals surface area contributed by atoms with E-state index in [9.17, 15) is 4.79 Å². The molecule has 27 heavy (non-hydrogen) atoms. The molecule has 0 saturated carbocycles. The minimum atomic E-state index is -0.354. The summed E-state index contributed by atoms with van der Waals surface area (Å²) in [7, 11) is 0. The smallest absolute Gasteiger partial charge is 0.258 e.